The molecule has 108 valence electrons. The number of aromatic nitrogens is 3. The number of methoxy groups -OCH3 is 1. The van der Waals surface area contributed by atoms with Crippen molar-refractivity contribution in [1.29, 1.82) is 0 Å². The van der Waals surface area contributed by atoms with Gasteiger partial charge in [0.2, 0.25) is 0 Å². The van der Waals surface area contributed by atoms with Gasteiger partial charge in [-0.2, -0.15) is 0 Å². The summed E-state index contributed by atoms with van der Waals surface area (Å²) in [4.78, 5) is 0. The van der Waals surface area contributed by atoms with E-state index in [1.807, 2.05) is 22.9 Å². The van der Waals surface area contributed by atoms with Gasteiger partial charge in [0, 0.05) is 12.1 Å². The van der Waals surface area contributed by atoms with E-state index in [1.54, 1.807) is 13.3 Å². The highest BCUT2D eigenvalue weighted by atomic mass is 79.9. The van der Waals surface area contributed by atoms with Gasteiger partial charge in [-0.15, -0.1) is 5.10 Å². The first kappa shape index (κ1) is 15.0. The molecule has 1 N–H and O–H groups in total. The van der Waals surface area contributed by atoms with Crippen LogP contribution < -0.4 is 10.1 Å². The van der Waals surface area contributed by atoms with Crippen LogP contribution in [0.3, 0.4) is 0 Å². The standard InChI is InChI=1S/C14H19BrN4O/c1-14(2,3)16-8-11-9-17-18-19(11)10-5-6-13(20-4)12(15)7-10/h5-7,9,16H,8H2,1-4H3. The van der Waals surface area contributed by atoms with Crippen molar-refractivity contribution >= 4 is 15.9 Å². The van der Waals surface area contributed by atoms with Crippen LogP contribution in [0.1, 0.15) is 26.5 Å². The van der Waals surface area contributed by atoms with E-state index < -0.39 is 0 Å². The average molecular weight is 339 g/mol. The van der Waals surface area contributed by atoms with Crippen LogP contribution in [0, 0.1) is 0 Å². The van der Waals surface area contributed by atoms with E-state index in [-0.39, 0.29) is 5.54 Å². The second-order valence-electron chi connectivity index (χ2n) is 5.56. The quantitative estimate of drug-likeness (QED) is 0.931. The summed E-state index contributed by atoms with van der Waals surface area (Å²) >= 11 is 3.49. The molecule has 1 aromatic heterocycles. The number of hydrogen-bond donors (Lipinski definition) is 1. The van der Waals surface area contributed by atoms with Gasteiger partial charge in [0.05, 0.1) is 29.2 Å². The molecule has 0 unspecified atom stereocenters. The van der Waals surface area contributed by atoms with Gasteiger partial charge >= 0.3 is 0 Å². The van der Waals surface area contributed by atoms with Crippen LogP contribution in [0.15, 0.2) is 28.9 Å². The Morgan fingerprint density at radius 2 is 2.10 bits per heavy atom. The molecular weight excluding hydrogens is 320 g/mol. The summed E-state index contributed by atoms with van der Waals surface area (Å²) in [5.41, 5.74) is 2.01. The molecule has 0 fully saturated rings. The molecule has 0 atom stereocenters. The van der Waals surface area contributed by atoms with E-state index in [9.17, 15) is 0 Å². The van der Waals surface area contributed by atoms with Gasteiger partial charge < -0.3 is 10.1 Å². The van der Waals surface area contributed by atoms with Gasteiger partial charge in [-0.25, -0.2) is 4.68 Å². The topological polar surface area (TPSA) is 52.0 Å². The van der Waals surface area contributed by atoms with Gasteiger partial charge in [-0.3, -0.25) is 0 Å². The summed E-state index contributed by atoms with van der Waals surface area (Å²) < 4.78 is 7.95. The first-order chi connectivity index (χ1) is 9.40. The van der Waals surface area contributed by atoms with Crippen molar-refractivity contribution in [3.8, 4) is 11.4 Å². The summed E-state index contributed by atoms with van der Waals surface area (Å²) in [6.07, 6.45) is 1.77. The number of nitrogens with one attached hydrogen (secondary N) is 1. The zero-order valence-corrected chi connectivity index (χ0v) is 13.7. The molecule has 1 aromatic carbocycles. The minimum absolute atomic E-state index is 0.0512. The second kappa shape index (κ2) is 5.93. The Balaban J connectivity index is 2.25. The fourth-order valence-corrected chi connectivity index (χ4v) is 2.27. The van der Waals surface area contributed by atoms with Crippen molar-refractivity contribution in [3.63, 3.8) is 0 Å². The van der Waals surface area contributed by atoms with Crippen molar-refractivity contribution < 1.29 is 4.74 Å². The van der Waals surface area contributed by atoms with Gasteiger partial charge in [-0.1, -0.05) is 5.21 Å². The molecule has 0 aliphatic heterocycles. The molecule has 0 saturated carbocycles. The molecule has 0 saturated heterocycles. The van der Waals surface area contributed by atoms with Crippen molar-refractivity contribution in [2.75, 3.05) is 7.11 Å². The Bertz CT molecular complexity index is 589. The Morgan fingerprint density at radius 3 is 2.70 bits per heavy atom. The SMILES string of the molecule is COc1ccc(-n2nncc2CNC(C)(C)C)cc1Br. The maximum Gasteiger partial charge on any atom is 0.133 e. The highest BCUT2D eigenvalue weighted by Gasteiger charge is 2.13. The first-order valence-electron chi connectivity index (χ1n) is 6.39. The molecule has 5 nitrogen and oxygen atoms in total. The molecular formula is C14H19BrN4O. The molecule has 0 amide bonds. The molecule has 1 heterocycles. The monoisotopic (exact) mass is 338 g/mol. The van der Waals surface area contributed by atoms with Crippen LogP contribution in [0.2, 0.25) is 0 Å². The number of nitrogens with zero attached hydrogens (tertiary/aromatic N) is 3. The number of rotatable bonds is 4. The van der Waals surface area contributed by atoms with E-state index in [1.165, 1.54) is 0 Å². The second-order valence-corrected chi connectivity index (χ2v) is 6.41. The molecule has 0 bridgehead atoms. The Labute approximate surface area is 127 Å². The first-order valence-corrected chi connectivity index (χ1v) is 7.18. The average Bonchev–Trinajstić information content (AvgIpc) is 2.83. The van der Waals surface area contributed by atoms with E-state index in [4.69, 9.17) is 4.74 Å². The Morgan fingerprint density at radius 1 is 1.35 bits per heavy atom. The number of benzene rings is 1. The molecule has 0 aliphatic rings. The highest BCUT2D eigenvalue weighted by Crippen LogP contribution is 2.27. The van der Waals surface area contributed by atoms with Crippen LogP contribution in [0.5, 0.6) is 5.75 Å². The van der Waals surface area contributed by atoms with Gasteiger partial charge in [0.15, 0.2) is 0 Å². The van der Waals surface area contributed by atoms with Gasteiger partial charge in [-0.05, 0) is 54.9 Å². The lowest BCUT2D eigenvalue weighted by atomic mass is 10.1. The third-order valence-corrected chi connectivity index (χ3v) is 3.42. The zero-order chi connectivity index (χ0) is 14.8. The summed E-state index contributed by atoms with van der Waals surface area (Å²) in [6.45, 7) is 7.10. The predicted octanol–water partition coefficient (Wildman–Crippen LogP) is 2.93. The smallest absolute Gasteiger partial charge is 0.133 e. The van der Waals surface area contributed by atoms with Crippen LogP contribution in [-0.4, -0.2) is 27.6 Å². The van der Waals surface area contributed by atoms with Crippen LogP contribution in [0.25, 0.3) is 5.69 Å². The van der Waals surface area contributed by atoms with E-state index >= 15 is 0 Å². The minimum atomic E-state index is 0.0512. The molecule has 0 radical (unpaired) electrons. The summed E-state index contributed by atoms with van der Waals surface area (Å²) in [6, 6.07) is 5.83. The Hall–Kier alpha value is -1.40. The van der Waals surface area contributed by atoms with Crippen LogP contribution >= 0.6 is 15.9 Å². The third-order valence-electron chi connectivity index (χ3n) is 2.80. The number of halogens is 1. The lowest BCUT2D eigenvalue weighted by Crippen LogP contribution is -2.35. The fourth-order valence-electron chi connectivity index (χ4n) is 1.74. The Kier molecular flexibility index (Phi) is 4.45. The molecule has 0 spiro atoms. The highest BCUT2D eigenvalue weighted by molar-refractivity contribution is 9.10. The molecule has 2 aromatic rings. The van der Waals surface area contributed by atoms with E-state index in [0.717, 1.165) is 21.6 Å². The summed E-state index contributed by atoms with van der Waals surface area (Å²) in [5.74, 6) is 0.795. The van der Waals surface area contributed by atoms with E-state index in [2.05, 4.69) is 52.3 Å². The van der Waals surface area contributed by atoms with Crippen molar-refractivity contribution in [2.24, 2.45) is 0 Å². The maximum absolute atomic E-state index is 5.24. The predicted molar refractivity (Wildman–Crippen MR) is 82.2 cm³/mol. The molecule has 6 heteroatoms. The van der Waals surface area contributed by atoms with Crippen molar-refractivity contribution in [2.45, 2.75) is 32.9 Å². The van der Waals surface area contributed by atoms with Crippen LogP contribution in [0.4, 0.5) is 0 Å². The minimum Gasteiger partial charge on any atom is -0.496 e. The normalized spacial score (nSPS) is 11.7. The lowest BCUT2D eigenvalue weighted by Gasteiger charge is -2.20. The molecule has 0 aliphatic carbocycles. The van der Waals surface area contributed by atoms with Gasteiger partial charge in [0.1, 0.15) is 5.75 Å². The van der Waals surface area contributed by atoms with Crippen LogP contribution in [-0.2, 0) is 6.54 Å². The van der Waals surface area contributed by atoms with E-state index in [0.29, 0.717) is 6.54 Å². The zero-order valence-electron chi connectivity index (χ0n) is 12.1. The molecule has 20 heavy (non-hydrogen) atoms. The largest absolute Gasteiger partial charge is 0.496 e. The summed E-state index contributed by atoms with van der Waals surface area (Å²) in [7, 11) is 1.65. The lowest BCUT2D eigenvalue weighted by molar-refractivity contribution is 0.411. The fraction of sp³-hybridized carbons (Fsp3) is 0.429. The maximum atomic E-state index is 5.24. The third kappa shape index (κ3) is 3.58. The summed E-state index contributed by atoms with van der Waals surface area (Å²) in [5, 5.41) is 11.6. The van der Waals surface area contributed by atoms with Crippen molar-refractivity contribution in [3.05, 3.63) is 34.6 Å². The van der Waals surface area contributed by atoms with Crippen molar-refractivity contribution in [1.82, 2.24) is 20.3 Å². The number of hydrogen-bond acceptors (Lipinski definition) is 4. The molecule has 2 rings (SSSR count). The number of ether oxygens (including phenoxy) is 1. The van der Waals surface area contributed by atoms with Gasteiger partial charge in [0.25, 0.3) is 0 Å².